The number of benzene rings is 3. The normalized spacial score (nSPS) is 10.4. The van der Waals surface area contributed by atoms with Crippen molar-refractivity contribution in [1.82, 2.24) is 0 Å². The van der Waals surface area contributed by atoms with Gasteiger partial charge in [-0.3, -0.25) is 0 Å². The molecule has 0 saturated heterocycles. The summed E-state index contributed by atoms with van der Waals surface area (Å²) in [4.78, 5) is 1.73. The summed E-state index contributed by atoms with van der Waals surface area (Å²) in [5.41, 5.74) is 1.99. The van der Waals surface area contributed by atoms with Crippen molar-refractivity contribution in [2.45, 2.75) is 6.54 Å². The number of phenols is 1. The van der Waals surface area contributed by atoms with Gasteiger partial charge in [0.1, 0.15) is 17.3 Å². The predicted molar refractivity (Wildman–Crippen MR) is 115 cm³/mol. The molecule has 2 N–H and O–H groups in total. The van der Waals surface area contributed by atoms with E-state index < -0.39 is 5.82 Å². The van der Waals surface area contributed by atoms with Crippen LogP contribution < -0.4 is 15.0 Å². The molecule has 0 aliphatic rings. The van der Waals surface area contributed by atoms with E-state index in [2.05, 4.69) is 5.32 Å². The number of halogens is 2. The van der Waals surface area contributed by atoms with E-state index in [0.717, 1.165) is 5.69 Å². The van der Waals surface area contributed by atoms with Crippen LogP contribution in [0.1, 0.15) is 5.56 Å². The minimum absolute atomic E-state index is 0.0102. The Bertz CT molecular complexity index is 1000. The molecule has 144 valence electrons. The van der Waals surface area contributed by atoms with Gasteiger partial charge in [0.2, 0.25) is 0 Å². The lowest BCUT2D eigenvalue weighted by Crippen LogP contribution is -2.34. The molecule has 0 amide bonds. The van der Waals surface area contributed by atoms with Crippen LogP contribution in [0.4, 0.5) is 15.8 Å². The van der Waals surface area contributed by atoms with Crippen LogP contribution in [0.15, 0.2) is 66.7 Å². The van der Waals surface area contributed by atoms with Crippen LogP contribution in [0.3, 0.4) is 0 Å². The van der Waals surface area contributed by atoms with Crippen LogP contribution in [0.25, 0.3) is 0 Å². The van der Waals surface area contributed by atoms with Crippen molar-refractivity contribution < 1.29 is 14.2 Å². The Balaban J connectivity index is 1.93. The number of aromatic hydroxyl groups is 1. The van der Waals surface area contributed by atoms with Gasteiger partial charge in [0.05, 0.1) is 18.7 Å². The first-order valence-corrected chi connectivity index (χ1v) is 9.21. The molecule has 3 aromatic rings. The Morgan fingerprint density at radius 2 is 1.93 bits per heavy atom. The summed E-state index contributed by atoms with van der Waals surface area (Å²) < 4.78 is 18.9. The number of hydrogen-bond acceptors (Lipinski definition) is 3. The van der Waals surface area contributed by atoms with Gasteiger partial charge in [0.25, 0.3) is 0 Å². The molecule has 0 saturated carbocycles. The number of rotatable bonds is 5. The van der Waals surface area contributed by atoms with E-state index >= 15 is 0 Å². The fraction of sp³-hybridized carbons (Fsp3) is 0.0952. The fourth-order valence-corrected chi connectivity index (χ4v) is 3.10. The van der Waals surface area contributed by atoms with Gasteiger partial charge in [0, 0.05) is 23.0 Å². The number of nitrogens with one attached hydrogen (secondary N) is 1. The summed E-state index contributed by atoms with van der Waals surface area (Å²) in [7, 11) is 1.59. The average molecular weight is 417 g/mol. The van der Waals surface area contributed by atoms with Crippen molar-refractivity contribution in [1.29, 1.82) is 0 Å². The standard InChI is InChI=1S/C21H18ClFN2O2S/c1-27-17-7-4-6-15(11-17)24-21(28)25(13-14-5-2-3-8-20(14)26)16-9-10-19(23)18(22)12-16/h2-12,26H,13H2,1H3,(H,24,28). The van der Waals surface area contributed by atoms with Gasteiger partial charge < -0.3 is 20.1 Å². The van der Waals surface area contributed by atoms with E-state index in [1.54, 1.807) is 36.3 Å². The van der Waals surface area contributed by atoms with Gasteiger partial charge in [-0.05, 0) is 48.6 Å². The highest BCUT2D eigenvalue weighted by molar-refractivity contribution is 7.80. The highest BCUT2D eigenvalue weighted by Crippen LogP contribution is 2.27. The van der Waals surface area contributed by atoms with Crippen LogP contribution in [-0.4, -0.2) is 17.3 Å². The summed E-state index contributed by atoms with van der Waals surface area (Å²) in [5.74, 6) is 0.314. The number of phenolic OH excluding ortho intramolecular Hbond substituents is 1. The quantitative estimate of drug-likeness (QED) is 0.530. The summed E-state index contributed by atoms with van der Waals surface area (Å²) in [5, 5.41) is 13.6. The van der Waals surface area contributed by atoms with E-state index in [-0.39, 0.29) is 17.3 Å². The molecule has 0 aliphatic carbocycles. The minimum Gasteiger partial charge on any atom is -0.508 e. The number of para-hydroxylation sites is 1. The molecule has 0 aliphatic heterocycles. The van der Waals surface area contributed by atoms with E-state index in [1.807, 2.05) is 30.3 Å². The zero-order valence-electron chi connectivity index (χ0n) is 15.0. The predicted octanol–water partition coefficient (Wildman–Crippen LogP) is 5.60. The summed E-state index contributed by atoms with van der Waals surface area (Å²) in [6.45, 7) is 0.268. The molecule has 0 spiro atoms. The number of nitrogens with zero attached hydrogens (tertiary/aromatic N) is 1. The van der Waals surface area contributed by atoms with Crippen molar-refractivity contribution in [2.75, 3.05) is 17.3 Å². The largest absolute Gasteiger partial charge is 0.508 e. The third-order valence-electron chi connectivity index (χ3n) is 4.10. The van der Waals surface area contributed by atoms with Crippen LogP contribution in [0.2, 0.25) is 5.02 Å². The molecule has 3 rings (SSSR count). The van der Waals surface area contributed by atoms with Crippen molar-refractivity contribution in [3.8, 4) is 11.5 Å². The second-order valence-electron chi connectivity index (χ2n) is 5.98. The number of thiocarbonyl (C=S) groups is 1. The van der Waals surface area contributed by atoms with Crippen molar-refractivity contribution in [3.63, 3.8) is 0 Å². The SMILES string of the molecule is COc1cccc(NC(=S)N(Cc2ccccc2O)c2ccc(F)c(Cl)c2)c1. The Hall–Kier alpha value is -2.83. The second-order valence-corrected chi connectivity index (χ2v) is 6.77. The smallest absolute Gasteiger partial charge is 0.178 e. The highest BCUT2D eigenvalue weighted by Gasteiger charge is 2.17. The van der Waals surface area contributed by atoms with E-state index in [9.17, 15) is 9.50 Å². The highest BCUT2D eigenvalue weighted by atomic mass is 35.5. The van der Waals surface area contributed by atoms with Gasteiger partial charge in [-0.25, -0.2) is 4.39 Å². The van der Waals surface area contributed by atoms with Gasteiger partial charge in [-0.15, -0.1) is 0 Å². The monoisotopic (exact) mass is 416 g/mol. The van der Waals surface area contributed by atoms with Crippen molar-refractivity contribution in [2.24, 2.45) is 0 Å². The number of anilines is 2. The molecule has 0 fully saturated rings. The minimum atomic E-state index is -0.514. The molecular weight excluding hydrogens is 399 g/mol. The van der Waals surface area contributed by atoms with Crippen LogP contribution >= 0.6 is 23.8 Å². The van der Waals surface area contributed by atoms with Crippen LogP contribution in [-0.2, 0) is 6.54 Å². The molecule has 0 unspecified atom stereocenters. The Kier molecular flexibility index (Phi) is 6.34. The molecule has 3 aromatic carbocycles. The van der Waals surface area contributed by atoms with E-state index in [4.69, 9.17) is 28.6 Å². The first kappa shape index (κ1) is 19.9. The van der Waals surface area contributed by atoms with Gasteiger partial charge in [-0.2, -0.15) is 0 Å². The Labute approximate surface area is 173 Å². The molecule has 0 radical (unpaired) electrons. The number of methoxy groups -OCH3 is 1. The average Bonchev–Trinajstić information content (AvgIpc) is 2.69. The first-order valence-electron chi connectivity index (χ1n) is 8.42. The third kappa shape index (κ3) is 4.71. The zero-order valence-corrected chi connectivity index (χ0v) is 16.6. The number of ether oxygens (including phenoxy) is 1. The second kappa shape index (κ2) is 8.91. The first-order chi connectivity index (χ1) is 13.5. The van der Waals surface area contributed by atoms with Crippen LogP contribution in [0, 0.1) is 5.82 Å². The third-order valence-corrected chi connectivity index (χ3v) is 4.71. The lowest BCUT2D eigenvalue weighted by molar-refractivity contribution is 0.415. The Morgan fingerprint density at radius 1 is 1.14 bits per heavy atom. The Morgan fingerprint density at radius 3 is 2.64 bits per heavy atom. The van der Waals surface area contributed by atoms with Crippen molar-refractivity contribution in [3.05, 3.63) is 83.1 Å². The van der Waals surface area contributed by atoms with Crippen molar-refractivity contribution >= 4 is 40.3 Å². The number of hydrogen-bond donors (Lipinski definition) is 2. The maximum Gasteiger partial charge on any atom is 0.178 e. The van der Waals surface area contributed by atoms with Gasteiger partial charge in [-0.1, -0.05) is 35.9 Å². The van der Waals surface area contributed by atoms with E-state index in [0.29, 0.717) is 22.1 Å². The fourth-order valence-electron chi connectivity index (χ4n) is 2.64. The zero-order chi connectivity index (χ0) is 20.1. The van der Waals surface area contributed by atoms with Gasteiger partial charge in [0.15, 0.2) is 5.11 Å². The maximum absolute atomic E-state index is 13.6. The topological polar surface area (TPSA) is 44.7 Å². The summed E-state index contributed by atoms with van der Waals surface area (Å²) in [6.07, 6.45) is 0. The lowest BCUT2D eigenvalue weighted by Gasteiger charge is -2.27. The molecule has 0 aromatic heterocycles. The molecule has 4 nitrogen and oxygen atoms in total. The lowest BCUT2D eigenvalue weighted by atomic mass is 10.1. The van der Waals surface area contributed by atoms with Crippen LogP contribution in [0.5, 0.6) is 11.5 Å². The molecule has 7 heteroatoms. The summed E-state index contributed by atoms with van der Waals surface area (Å²) >= 11 is 11.6. The summed E-state index contributed by atoms with van der Waals surface area (Å²) in [6, 6.07) is 18.6. The van der Waals surface area contributed by atoms with E-state index in [1.165, 1.54) is 12.1 Å². The molecule has 0 heterocycles. The molecule has 0 atom stereocenters. The molecular formula is C21H18ClFN2O2S. The maximum atomic E-state index is 13.6. The molecule has 0 bridgehead atoms. The molecule has 28 heavy (non-hydrogen) atoms. The van der Waals surface area contributed by atoms with Gasteiger partial charge >= 0.3 is 0 Å².